The molecule has 4 atom stereocenters. The van der Waals surface area contributed by atoms with Crippen LogP contribution in [0.2, 0.25) is 0 Å². The molecular weight excluding hydrogens is 538 g/mol. The van der Waals surface area contributed by atoms with Crippen LogP contribution in [0.3, 0.4) is 0 Å². The first-order chi connectivity index (χ1) is 19.3. The lowest BCUT2D eigenvalue weighted by Crippen LogP contribution is -2.40. The maximum Gasteiger partial charge on any atom is 0.303 e. The molecule has 3 aromatic rings. The van der Waals surface area contributed by atoms with Gasteiger partial charge in [-0.15, -0.1) is 0 Å². The highest BCUT2D eigenvalue weighted by molar-refractivity contribution is 7.98. The predicted octanol–water partition coefficient (Wildman–Crippen LogP) is 3.04. The van der Waals surface area contributed by atoms with E-state index in [0.29, 0.717) is 27.9 Å². The Labute approximate surface area is 235 Å². The minimum atomic E-state index is -1.05. The molecule has 2 aromatic heterocycles. The van der Waals surface area contributed by atoms with E-state index in [1.807, 2.05) is 30.3 Å². The Morgan fingerprint density at radius 2 is 1.68 bits per heavy atom. The van der Waals surface area contributed by atoms with Crippen molar-refractivity contribution >= 4 is 46.8 Å². The summed E-state index contributed by atoms with van der Waals surface area (Å²) in [6.07, 6.45) is -0.462. The van der Waals surface area contributed by atoms with Gasteiger partial charge in [0.05, 0.1) is 0 Å². The zero-order valence-corrected chi connectivity index (χ0v) is 23.3. The highest BCUT2D eigenvalue weighted by Crippen LogP contribution is 2.40. The Kier molecular flexibility index (Phi) is 8.50. The summed E-state index contributed by atoms with van der Waals surface area (Å²) >= 11 is 1.54. The van der Waals surface area contributed by atoms with Gasteiger partial charge in [-0.25, -0.2) is 15.0 Å². The molecule has 12 nitrogen and oxygen atoms in total. The number of aromatic nitrogens is 4. The van der Waals surface area contributed by atoms with Crippen LogP contribution < -0.4 is 4.90 Å². The summed E-state index contributed by atoms with van der Waals surface area (Å²) in [6, 6.07) is 10.1. The number of benzene rings is 1. The number of hydrogen-bond donors (Lipinski definition) is 0. The standard InChI is InChI=1S/C27H31N5O7S/c1-16(33)36-13-20-22(37-17(2)34)23(38-18(3)35)26(39-20)32-24-21(30-27(32)31-11-7-8-12-31)25(29-15-28-24)40-14-19-9-5-4-6-10-19/h4-6,9-10,15,20,22-23,26H,7-8,11-14H2,1-3H3/t20-,22-,23-,26-/m1/s1. The third-order valence-electron chi connectivity index (χ3n) is 6.63. The van der Waals surface area contributed by atoms with Crippen LogP contribution in [0.25, 0.3) is 11.2 Å². The molecule has 4 heterocycles. The average molecular weight is 570 g/mol. The molecule has 2 aliphatic rings. The largest absolute Gasteiger partial charge is 0.463 e. The van der Waals surface area contributed by atoms with Crippen molar-refractivity contribution in [1.82, 2.24) is 19.5 Å². The van der Waals surface area contributed by atoms with Crippen LogP contribution in [0.4, 0.5) is 5.95 Å². The number of carbonyl (C=O) groups is 3. The van der Waals surface area contributed by atoms with E-state index in [2.05, 4.69) is 14.9 Å². The van der Waals surface area contributed by atoms with Crippen molar-refractivity contribution in [2.75, 3.05) is 24.6 Å². The van der Waals surface area contributed by atoms with Crippen LogP contribution in [-0.4, -0.2) is 75.4 Å². The fourth-order valence-electron chi connectivity index (χ4n) is 4.98. The normalized spacial score (nSPS) is 22.4. The van der Waals surface area contributed by atoms with Crippen molar-refractivity contribution in [1.29, 1.82) is 0 Å². The van der Waals surface area contributed by atoms with Gasteiger partial charge in [-0.3, -0.25) is 19.0 Å². The van der Waals surface area contributed by atoms with Crippen molar-refractivity contribution in [3.63, 3.8) is 0 Å². The molecule has 2 aliphatic heterocycles. The number of imidazole rings is 1. The molecule has 2 fully saturated rings. The van der Waals surface area contributed by atoms with Crippen LogP contribution in [-0.2, 0) is 39.1 Å². The van der Waals surface area contributed by atoms with E-state index >= 15 is 0 Å². The topological polar surface area (TPSA) is 135 Å². The zero-order valence-electron chi connectivity index (χ0n) is 22.5. The van der Waals surface area contributed by atoms with Gasteiger partial charge < -0.3 is 23.8 Å². The maximum atomic E-state index is 12.2. The van der Waals surface area contributed by atoms with E-state index in [4.69, 9.17) is 23.9 Å². The van der Waals surface area contributed by atoms with Crippen molar-refractivity contribution in [2.45, 2.75) is 68.9 Å². The number of esters is 3. The Morgan fingerprint density at radius 1 is 0.975 bits per heavy atom. The van der Waals surface area contributed by atoms with Crippen LogP contribution in [0.15, 0.2) is 41.7 Å². The summed E-state index contributed by atoms with van der Waals surface area (Å²) in [5.41, 5.74) is 2.22. The van der Waals surface area contributed by atoms with Crippen LogP contribution in [0, 0.1) is 0 Å². The summed E-state index contributed by atoms with van der Waals surface area (Å²) in [5, 5.41) is 0.697. The van der Waals surface area contributed by atoms with E-state index < -0.39 is 42.4 Å². The monoisotopic (exact) mass is 569 g/mol. The van der Waals surface area contributed by atoms with E-state index in [-0.39, 0.29) is 6.61 Å². The molecule has 0 spiro atoms. The first-order valence-corrected chi connectivity index (χ1v) is 14.1. The number of thioether (sulfide) groups is 1. The molecule has 0 aliphatic carbocycles. The number of rotatable bonds is 9. The Hall–Kier alpha value is -3.71. The lowest BCUT2D eigenvalue weighted by atomic mass is 10.1. The second-order valence-electron chi connectivity index (χ2n) is 9.62. The summed E-state index contributed by atoms with van der Waals surface area (Å²) in [4.78, 5) is 52.1. The number of ether oxygens (including phenoxy) is 4. The SMILES string of the molecule is CC(=O)OC[C@H]1O[C@@H](n2c(N3CCCC3)nc3c(SCc4ccccc4)ncnc32)[C@H](OC(C)=O)[C@@H]1OC(C)=O. The Morgan fingerprint density at radius 3 is 2.35 bits per heavy atom. The molecule has 212 valence electrons. The van der Waals surface area contributed by atoms with Gasteiger partial charge in [0.2, 0.25) is 5.95 Å². The van der Waals surface area contributed by atoms with E-state index in [9.17, 15) is 14.4 Å². The fourth-order valence-corrected chi connectivity index (χ4v) is 5.87. The van der Waals surface area contributed by atoms with Crippen LogP contribution >= 0.6 is 11.8 Å². The third-order valence-corrected chi connectivity index (χ3v) is 7.68. The molecule has 13 heteroatoms. The Balaban J connectivity index is 1.59. The maximum absolute atomic E-state index is 12.2. The average Bonchev–Trinajstić information content (AvgIpc) is 3.65. The van der Waals surface area contributed by atoms with Crippen molar-refractivity contribution < 1.29 is 33.3 Å². The van der Waals surface area contributed by atoms with E-state index in [0.717, 1.165) is 31.5 Å². The smallest absolute Gasteiger partial charge is 0.303 e. The predicted molar refractivity (Wildman–Crippen MR) is 144 cm³/mol. The number of anilines is 1. The fraction of sp³-hybridized carbons (Fsp3) is 0.481. The van der Waals surface area contributed by atoms with Crippen LogP contribution in [0.5, 0.6) is 0 Å². The third kappa shape index (κ3) is 6.04. The molecule has 5 rings (SSSR count). The second-order valence-corrected chi connectivity index (χ2v) is 10.6. The van der Waals surface area contributed by atoms with E-state index in [1.165, 1.54) is 27.1 Å². The van der Waals surface area contributed by atoms with Gasteiger partial charge in [-0.1, -0.05) is 42.1 Å². The lowest BCUT2D eigenvalue weighted by Gasteiger charge is -2.26. The van der Waals surface area contributed by atoms with Gasteiger partial charge in [0.1, 0.15) is 29.6 Å². The highest BCUT2D eigenvalue weighted by Gasteiger charge is 2.52. The number of carbonyl (C=O) groups excluding carboxylic acids is 3. The zero-order chi connectivity index (χ0) is 28.2. The Bertz CT molecular complexity index is 1380. The van der Waals surface area contributed by atoms with Crippen molar-refractivity contribution in [3.05, 3.63) is 42.2 Å². The van der Waals surface area contributed by atoms with Gasteiger partial charge in [0.15, 0.2) is 24.1 Å². The first-order valence-electron chi connectivity index (χ1n) is 13.1. The molecule has 0 bridgehead atoms. The molecule has 1 aromatic carbocycles. The van der Waals surface area contributed by atoms with Gasteiger partial charge in [0.25, 0.3) is 0 Å². The van der Waals surface area contributed by atoms with E-state index in [1.54, 1.807) is 16.3 Å². The summed E-state index contributed by atoms with van der Waals surface area (Å²) < 4.78 is 24.6. The molecule has 2 saturated heterocycles. The number of fused-ring (bicyclic) bond motifs is 1. The minimum Gasteiger partial charge on any atom is -0.463 e. The molecule has 0 unspecified atom stereocenters. The van der Waals surface area contributed by atoms with Gasteiger partial charge in [0, 0.05) is 39.6 Å². The number of hydrogen-bond acceptors (Lipinski definition) is 12. The van der Waals surface area contributed by atoms with Gasteiger partial charge >= 0.3 is 17.9 Å². The molecule has 40 heavy (non-hydrogen) atoms. The molecular formula is C27H31N5O7S. The minimum absolute atomic E-state index is 0.194. The van der Waals surface area contributed by atoms with Crippen molar-refractivity contribution in [2.24, 2.45) is 0 Å². The second kappa shape index (κ2) is 12.2. The molecule has 0 saturated carbocycles. The summed E-state index contributed by atoms with van der Waals surface area (Å²) in [6.45, 7) is 5.16. The quantitative estimate of drug-likeness (QED) is 0.162. The molecule has 0 amide bonds. The number of nitrogens with zero attached hydrogens (tertiary/aromatic N) is 5. The van der Waals surface area contributed by atoms with Crippen LogP contribution in [0.1, 0.15) is 45.4 Å². The highest BCUT2D eigenvalue weighted by atomic mass is 32.2. The lowest BCUT2D eigenvalue weighted by molar-refractivity contribution is -0.166. The first kappa shape index (κ1) is 27.8. The summed E-state index contributed by atoms with van der Waals surface area (Å²) in [5.74, 6) is -0.405. The summed E-state index contributed by atoms with van der Waals surface area (Å²) in [7, 11) is 0. The molecule has 0 radical (unpaired) electrons. The van der Waals surface area contributed by atoms with Crippen molar-refractivity contribution in [3.8, 4) is 0 Å². The van der Waals surface area contributed by atoms with Gasteiger partial charge in [-0.05, 0) is 18.4 Å². The van der Waals surface area contributed by atoms with Gasteiger partial charge in [-0.2, -0.15) is 0 Å². The molecule has 0 N–H and O–H groups in total.